The van der Waals surface area contributed by atoms with Crippen LogP contribution >= 0.6 is 0 Å². The predicted octanol–water partition coefficient (Wildman–Crippen LogP) is 3.30. The number of rotatable bonds is 3. The number of aryl methyl sites for hydroxylation is 1. The molecule has 0 saturated carbocycles. The summed E-state index contributed by atoms with van der Waals surface area (Å²) in [4.78, 5) is 26.8. The molecule has 0 fully saturated rings. The van der Waals surface area contributed by atoms with E-state index in [9.17, 15) is 9.59 Å². The van der Waals surface area contributed by atoms with Gasteiger partial charge in [-0.25, -0.2) is 4.79 Å². The largest absolute Gasteiger partial charge is 0.497 e. The first-order chi connectivity index (χ1) is 17.2. The van der Waals surface area contributed by atoms with Crippen molar-refractivity contribution in [2.45, 2.75) is 25.5 Å². The molecular weight excluding hydrogens is 462 g/mol. The lowest BCUT2D eigenvalue weighted by Gasteiger charge is -2.39. The molecule has 9 heteroatoms. The van der Waals surface area contributed by atoms with Gasteiger partial charge in [0.25, 0.3) is 5.56 Å². The Labute approximate surface area is 207 Å². The summed E-state index contributed by atoms with van der Waals surface area (Å²) in [6.07, 6.45) is -0.528. The molecule has 0 amide bonds. The lowest BCUT2D eigenvalue weighted by Crippen LogP contribution is -2.40. The lowest BCUT2D eigenvalue weighted by molar-refractivity contribution is -0.00713. The van der Waals surface area contributed by atoms with Gasteiger partial charge in [0.05, 0.1) is 41.5 Å². The fourth-order valence-corrected chi connectivity index (χ4v) is 5.35. The highest BCUT2D eigenvalue weighted by atomic mass is 16.7. The third-order valence-electron chi connectivity index (χ3n) is 7.13. The van der Waals surface area contributed by atoms with Crippen molar-refractivity contribution in [1.29, 1.82) is 0 Å². The van der Waals surface area contributed by atoms with E-state index in [2.05, 4.69) is 18.4 Å². The van der Waals surface area contributed by atoms with Crippen LogP contribution in [0.15, 0.2) is 52.1 Å². The normalized spacial score (nSPS) is 17.9. The minimum atomic E-state index is -0.528. The number of ether oxygens (including phenoxy) is 4. The van der Waals surface area contributed by atoms with Gasteiger partial charge in [0.15, 0.2) is 11.5 Å². The van der Waals surface area contributed by atoms with Crippen LogP contribution in [-0.2, 0) is 24.4 Å². The van der Waals surface area contributed by atoms with Crippen LogP contribution in [0.2, 0.25) is 0 Å². The van der Waals surface area contributed by atoms with Crippen molar-refractivity contribution in [2.24, 2.45) is 14.1 Å². The van der Waals surface area contributed by atoms with Gasteiger partial charge in [0.2, 0.25) is 6.79 Å². The van der Waals surface area contributed by atoms with E-state index in [1.54, 1.807) is 18.7 Å². The monoisotopic (exact) mass is 489 g/mol. The summed E-state index contributed by atoms with van der Waals surface area (Å²) in [7, 11) is 4.82. The molecule has 4 aromatic rings. The summed E-state index contributed by atoms with van der Waals surface area (Å²) in [5.41, 5.74) is 2.52. The maximum absolute atomic E-state index is 13.7. The molecule has 4 heterocycles. The van der Waals surface area contributed by atoms with E-state index in [1.807, 2.05) is 42.5 Å². The van der Waals surface area contributed by atoms with E-state index < -0.39 is 17.3 Å². The highest BCUT2D eigenvalue weighted by molar-refractivity contribution is 5.97. The van der Waals surface area contributed by atoms with Crippen LogP contribution in [0.25, 0.3) is 22.2 Å². The standard InChI is InChI=1S/C27H27N3O6/c1-27(2)13-34-24(16-8-11-18-19(12-16)36-14-35-18)23-22-20(25(31)29(4)26(32)28(22)3)21(30(23)27)15-6-9-17(33-5)10-7-15/h6-12,24H,13-14H2,1-5H3/t24-/m1/s1. The minimum absolute atomic E-state index is 0.169. The molecule has 2 aromatic carbocycles. The van der Waals surface area contributed by atoms with Crippen LogP contribution in [0.5, 0.6) is 17.2 Å². The van der Waals surface area contributed by atoms with E-state index in [1.165, 1.54) is 7.05 Å². The Kier molecular flexibility index (Phi) is 4.85. The van der Waals surface area contributed by atoms with E-state index in [-0.39, 0.29) is 12.4 Å². The molecule has 6 rings (SSSR count). The van der Waals surface area contributed by atoms with Crippen molar-refractivity contribution in [1.82, 2.24) is 13.7 Å². The van der Waals surface area contributed by atoms with Gasteiger partial charge < -0.3 is 23.5 Å². The molecular formula is C27H27N3O6. The molecule has 36 heavy (non-hydrogen) atoms. The predicted molar refractivity (Wildman–Crippen MR) is 134 cm³/mol. The molecule has 0 aliphatic carbocycles. The quantitative estimate of drug-likeness (QED) is 0.439. The number of hydrogen-bond acceptors (Lipinski definition) is 6. The van der Waals surface area contributed by atoms with E-state index in [0.29, 0.717) is 29.0 Å². The maximum atomic E-state index is 13.7. The second kappa shape index (κ2) is 7.76. The van der Waals surface area contributed by atoms with Crippen LogP contribution in [0.1, 0.15) is 31.2 Å². The third kappa shape index (κ3) is 3.05. The van der Waals surface area contributed by atoms with Crippen molar-refractivity contribution < 1.29 is 18.9 Å². The molecule has 0 bridgehead atoms. The number of methoxy groups -OCH3 is 1. The van der Waals surface area contributed by atoms with Crippen molar-refractivity contribution in [3.8, 4) is 28.5 Å². The number of hydrogen-bond donors (Lipinski definition) is 0. The summed E-state index contributed by atoms with van der Waals surface area (Å²) in [5.74, 6) is 2.04. The summed E-state index contributed by atoms with van der Waals surface area (Å²) >= 11 is 0. The molecule has 9 nitrogen and oxygen atoms in total. The first-order valence-electron chi connectivity index (χ1n) is 11.7. The topological polar surface area (TPSA) is 85.9 Å². The lowest BCUT2D eigenvalue weighted by atomic mass is 9.97. The zero-order valence-corrected chi connectivity index (χ0v) is 20.8. The smallest absolute Gasteiger partial charge is 0.331 e. The molecule has 1 atom stereocenters. The Bertz CT molecular complexity index is 1640. The summed E-state index contributed by atoms with van der Waals surface area (Å²) < 4.78 is 27.8. The van der Waals surface area contributed by atoms with Gasteiger partial charge in [0, 0.05) is 14.1 Å². The van der Waals surface area contributed by atoms with Crippen LogP contribution in [0.4, 0.5) is 0 Å². The van der Waals surface area contributed by atoms with Gasteiger partial charge in [0.1, 0.15) is 11.9 Å². The number of nitrogens with zero attached hydrogens (tertiary/aromatic N) is 3. The molecule has 2 aliphatic rings. The highest BCUT2D eigenvalue weighted by Gasteiger charge is 2.41. The van der Waals surface area contributed by atoms with Gasteiger partial charge in [-0.05, 0) is 61.4 Å². The number of benzene rings is 2. The van der Waals surface area contributed by atoms with Gasteiger partial charge in [-0.1, -0.05) is 6.07 Å². The highest BCUT2D eigenvalue weighted by Crippen LogP contribution is 2.47. The fraction of sp³-hybridized carbons (Fsp3) is 0.333. The van der Waals surface area contributed by atoms with Gasteiger partial charge >= 0.3 is 5.69 Å². The van der Waals surface area contributed by atoms with Gasteiger partial charge in [-0.3, -0.25) is 13.9 Å². The van der Waals surface area contributed by atoms with Crippen LogP contribution in [0.3, 0.4) is 0 Å². The number of fused-ring (bicyclic) bond motifs is 4. The van der Waals surface area contributed by atoms with Crippen LogP contribution in [0, 0.1) is 0 Å². The SMILES string of the molecule is COc1ccc(-c2c3c(=O)n(C)c(=O)n(C)c3c3n2C(C)(C)CO[C@@H]3c2ccc3c(c2)OCO3)cc1. The maximum Gasteiger partial charge on any atom is 0.331 e. The molecule has 2 aromatic heterocycles. The van der Waals surface area contributed by atoms with Crippen molar-refractivity contribution in [2.75, 3.05) is 20.5 Å². The van der Waals surface area contributed by atoms with Gasteiger partial charge in [-0.15, -0.1) is 0 Å². The molecule has 2 aliphatic heterocycles. The summed E-state index contributed by atoms with van der Waals surface area (Å²) in [6, 6.07) is 13.3. The molecule has 0 N–H and O–H groups in total. The van der Waals surface area contributed by atoms with Crippen molar-refractivity contribution >= 4 is 10.9 Å². The average molecular weight is 490 g/mol. The van der Waals surface area contributed by atoms with Crippen molar-refractivity contribution in [3.63, 3.8) is 0 Å². The first kappa shape index (κ1) is 22.5. The fourth-order valence-electron chi connectivity index (χ4n) is 5.35. The Morgan fingerprint density at radius 2 is 1.69 bits per heavy atom. The summed E-state index contributed by atoms with van der Waals surface area (Å²) in [6.45, 7) is 4.71. The number of aromatic nitrogens is 3. The molecule has 0 unspecified atom stereocenters. The summed E-state index contributed by atoms with van der Waals surface area (Å²) in [5, 5.41) is 0.476. The van der Waals surface area contributed by atoms with Crippen LogP contribution in [-0.4, -0.2) is 34.2 Å². The average Bonchev–Trinajstić information content (AvgIpc) is 3.49. The Morgan fingerprint density at radius 3 is 2.42 bits per heavy atom. The van der Waals surface area contributed by atoms with E-state index in [4.69, 9.17) is 18.9 Å². The van der Waals surface area contributed by atoms with E-state index in [0.717, 1.165) is 32.8 Å². The van der Waals surface area contributed by atoms with Gasteiger partial charge in [-0.2, -0.15) is 0 Å². The Morgan fingerprint density at radius 1 is 0.972 bits per heavy atom. The molecule has 0 radical (unpaired) electrons. The van der Waals surface area contributed by atoms with E-state index >= 15 is 0 Å². The second-order valence-electron chi connectivity index (χ2n) is 9.84. The minimum Gasteiger partial charge on any atom is -0.497 e. The molecule has 0 saturated heterocycles. The zero-order chi connectivity index (χ0) is 25.4. The third-order valence-corrected chi connectivity index (χ3v) is 7.13. The zero-order valence-electron chi connectivity index (χ0n) is 20.8. The van der Waals surface area contributed by atoms with Crippen LogP contribution < -0.4 is 25.5 Å². The first-order valence-corrected chi connectivity index (χ1v) is 11.7. The Balaban J connectivity index is 1.74. The van der Waals surface area contributed by atoms with Crippen molar-refractivity contribution in [3.05, 3.63) is 74.6 Å². The molecule has 0 spiro atoms. The molecule has 186 valence electrons. The Hall–Kier alpha value is -3.98. The second-order valence-corrected chi connectivity index (χ2v) is 9.84.